The van der Waals surface area contributed by atoms with Crippen LogP contribution in [0.25, 0.3) is 0 Å². The van der Waals surface area contributed by atoms with E-state index in [1.54, 1.807) is 0 Å². The molecule has 0 radical (unpaired) electrons. The highest BCUT2D eigenvalue weighted by atomic mass is 19.4. The van der Waals surface area contributed by atoms with Gasteiger partial charge < -0.3 is 0 Å². The highest BCUT2D eigenvalue weighted by Crippen LogP contribution is 2.33. The second-order valence-electron chi connectivity index (χ2n) is 8.58. The Labute approximate surface area is 186 Å². The number of Topliss-reactive ketones (excluding diaryl/α,β-unsaturated/α-hetero) is 2. The highest BCUT2D eigenvalue weighted by Gasteiger charge is 2.36. The molecule has 0 aromatic heterocycles. The zero-order valence-electron chi connectivity index (χ0n) is 18.6. The number of benzene rings is 2. The van der Waals surface area contributed by atoms with Gasteiger partial charge in [0.15, 0.2) is 5.78 Å². The van der Waals surface area contributed by atoms with Gasteiger partial charge in [0.05, 0.1) is 5.57 Å². The summed E-state index contributed by atoms with van der Waals surface area (Å²) >= 11 is 0. The van der Waals surface area contributed by atoms with Gasteiger partial charge in [0.25, 0.3) is 0 Å². The van der Waals surface area contributed by atoms with Crippen LogP contribution in [0.15, 0.2) is 65.8 Å². The van der Waals surface area contributed by atoms with Gasteiger partial charge in [-0.15, -0.1) is 0 Å². The first-order chi connectivity index (χ1) is 15.0. The van der Waals surface area contributed by atoms with Gasteiger partial charge in [-0.2, -0.15) is 13.2 Å². The Morgan fingerprint density at radius 1 is 1.03 bits per heavy atom. The number of halogens is 3. The molecule has 2 aromatic carbocycles. The Morgan fingerprint density at radius 2 is 1.78 bits per heavy atom. The Bertz CT molecular complexity index is 1090. The molecule has 0 heterocycles. The molecule has 3 rings (SSSR count). The minimum absolute atomic E-state index is 0.0537. The summed E-state index contributed by atoms with van der Waals surface area (Å²) in [7, 11) is 0. The average molecular weight is 441 g/mol. The molecule has 1 aliphatic rings. The van der Waals surface area contributed by atoms with Crippen molar-refractivity contribution < 1.29 is 22.8 Å². The number of aryl methyl sites for hydroxylation is 3. The van der Waals surface area contributed by atoms with Crippen molar-refractivity contribution >= 4 is 11.6 Å². The zero-order valence-corrected chi connectivity index (χ0v) is 18.6. The molecule has 1 unspecified atom stereocenters. The Hall–Kier alpha value is -2.95. The van der Waals surface area contributed by atoms with Crippen LogP contribution in [-0.2, 0) is 22.4 Å². The summed E-state index contributed by atoms with van der Waals surface area (Å²) in [6.07, 6.45) is -1.55. The largest absolute Gasteiger partial charge is 0.416 e. The summed E-state index contributed by atoms with van der Waals surface area (Å²) in [6.45, 7) is 5.52. The minimum Gasteiger partial charge on any atom is -0.299 e. The van der Waals surface area contributed by atoms with Gasteiger partial charge in [0.1, 0.15) is 5.78 Å². The maximum absolute atomic E-state index is 13.0. The summed E-state index contributed by atoms with van der Waals surface area (Å²) in [4.78, 5) is 24.7. The molecular formula is C27H27F3O2. The van der Waals surface area contributed by atoms with Crippen molar-refractivity contribution in [3.63, 3.8) is 0 Å². The third kappa shape index (κ3) is 6.06. The second-order valence-corrected chi connectivity index (χ2v) is 8.58. The molecule has 0 fully saturated rings. The van der Waals surface area contributed by atoms with Gasteiger partial charge in [0, 0.05) is 24.3 Å². The summed E-state index contributed by atoms with van der Waals surface area (Å²) in [5.41, 5.74) is 4.89. The van der Waals surface area contributed by atoms with E-state index in [4.69, 9.17) is 0 Å². The van der Waals surface area contributed by atoms with Crippen LogP contribution in [0, 0.1) is 19.8 Å². The van der Waals surface area contributed by atoms with E-state index in [1.165, 1.54) is 23.6 Å². The molecule has 0 amide bonds. The first kappa shape index (κ1) is 23.7. The van der Waals surface area contributed by atoms with Crippen molar-refractivity contribution in [2.45, 2.75) is 52.6 Å². The smallest absolute Gasteiger partial charge is 0.299 e. The Morgan fingerprint density at radius 3 is 2.44 bits per heavy atom. The lowest BCUT2D eigenvalue weighted by molar-refractivity contribution is -0.122. The number of carbonyl (C=O) groups is 2. The number of ketones is 2. The van der Waals surface area contributed by atoms with Gasteiger partial charge in [-0.05, 0) is 55.0 Å². The van der Waals surface area contributed by atoms with Crippen LogP contribution < -0.4 is 0 Å². The number of allylic oxidation sites excluding steroid dienone is 4. The van der Waals surface area contributed by atoms with Gasteiger partial charge in [-0.3, -0.25) is 9.59 Å². The SMILES string of the molecule is Cc1cccc(Cc2ccc(CCC(=O)CC3=CC(C(F)(F)F)=CC(C)C3=O)cc2C)c1. The number of carbonyl (C=O) groups excluding carboxylic acids is 2. The van der Waals surface area contributed by atoms with Crippen molar-refractivity contribution in [3.8, 4) is 0 Å². The van der Waals surface area contributed by atoms with Crippen molar-refractivity contribution in [3.05, 3.63) is 93.6 Å². The van der Waals surface area contributed by atoms with Crippen LogP contribution in [0.5, 0.6) is 0 Å². The lowest BCUT2D eigenvalue weighted by Crippen LogP contribution is -2.23. The van der Waals surface area contributed by atoms with Gasteiger partial charge in [0.2, 0.25) is 0 Å². The van der Waals surface area contributed by atoms with Gasteiger partial charge >= 0.3 is 6.18 Å². The van der Waals surface area contributed by atoms with E-state index in [9.17, 15) is 22.8 Å². The molecule has 0 N–H and O–H groups in total. The van der Waals surface area contributed by atoms with Crippen molar-refractivity contribution in [1.82, 2.24) is 0 Å². The fourth-order valence-corrected chi connectivity index (χ4v) is 4.00. The average Bonchev–Trinajstić information content (AvgIpc) is 2.71. The molecule has 32 heavy (non-hydrogen) atoms. The summed E-state index contributed by atoms with van der Waals surface area (Å²) in [5.74, 6) is -1.52. The van der Waals surface area contributed by atoms with E-state index in [2.05, 4.69) is 37.3 Å². The zero-order chi connectivity index (χ0) is 23.5. The molecule has 0 bridgehead atoms. The van der Waals surface area contributed by atoms with Crippen LogP contribution >= 0.6 is 0 Å². The van der Waals surface area contributed by atoms with E-state index < -0.39 is 23.5 Å². The molecule has 0 saturated carbocycles. The maximum Gasteiger partial charge on any atom is 0.416 e. The molecule has 1 aliphatic carbocycles. The molecule has 0 aliphatic heterocycles. The molecule has 5 heteroatoms. The van der Waals surface area contributed by atoms with E-state index in [0.717, 1.165) is 29.7 Å². The number of alkyl halides is 3. The molecule has 168 valence electrons. The topological polar surface area (TPSA) is 34.1 Å². The predicted octanol–water partition coefficient (Wildman–Crippen LogP) is 6.42. The van der Waals surface area contributed by atoms with E-state index in [0.29, 0.717) is 6.42 Å². The summed E-state index contributed by atoms with van der Waals surface area (Å²) < 4.78 is 39.1. The highest BCUT2D eigenvalue weighted by molar-refractivity contribution is 6.04. The summed E-state index contributed by atoms with van der Waals surface area (Å²) in [6, 6.07) is 14.5. The van der Waals surface area contributed by atoms with Crippen LogP contribution in [0.2, 0.25) is 0 Å². The second kappa shape index (κ2) is 9.68. The van der Waals surface area contributed by atoms with Crippen LogP contribution in [0.3, 0.4) is 0 Å². The molecule has 2 aromatic rings. The molecular weight excluding hydrogens is 413 g/mol. The van der Waals surface area contributed by atoms with Gasteiger partial charge in [-0.25, -0.2) is 0 Å². The van der Waals surface area contributed by atoms with Gasteiger partial charge in [-0.1, -0.05) is 61.0 Å². The standard InChI is InChI=1S/C27H27F3O2/c1-17-5-4-6-21(11-17)14-22-9-7-20(12-18(22)2)8-10-25(31)16-23-15-24(27(28,29)30)13-19(3)26(23)32/h4-7,9,11-13,15,19H,8,10,14,16H2,1-3H3. The van der Waals surface area contributed by atoms with Crippen molar-refractivity contribution in [2.75, 3.05) is 0 Å². The quantitative estimate of drug-likeness (QED) is 0.498. The fraction of sp³-hybridized carbons (Fsp3) is 0.333. The van der Waals surface area contributed by atoms with E-state index in [-0.39, 0.29) is 24.2 Å². The molecule has 1 atom stereocenters. The third-order valence-corrected chi connectivity index (χ3v) is 5.78. The lowest BCUT2D eigenvalue weighted by Gasteiger charge is -2.19. The maximum atomic E-state index is 13.0. The first-order valence-corrected chi connectivity index (χ1v) is 10.7. The fourth-order valence-electron chi connectivity index (χ4n) is 4.00. The van der Waals surface area contributed by atoms with Crippen molar-refractivity contribution in [1.29, 1.82) is 0 Å². The van der Waals surface area contributed by atoms with Crippen LogP contribution in [0.4, 0.5) is 13.2 Å². The first-order valence-electron chi connectivity index (χ1n) is 10.7. The normalized spacial score (nSPS) is 16.6. The lowest BCUT2D eigenvalue weighted by atomic mass is 9.87. The summed E-state index contributed by atoms with van der Waals surface area (Å²) in [5, 5.41) is 0. The number of rotatable bonds is 7. The van der Waals surface area contributed by atoms with Crippen LogP contribution in [-0.4, -0.2) is 17.7 Å². The molecule has 2 nitrogen and oxygen atoms in total. The Balaban J connectivity index is 1.61. The molecule has 0 saturated heterocycles. The van der Waals surface area contributed by atoms with E-state index in [1.807, 2.05) is 19.1 Å². The monoisotopic (exact) mass is 440 g/mol. The third-order valence-electron chi connectivity index (χ3n) is 5.78. The van der Waals surface area contributed by atoms with E-state index >= 15 is 0 Å². The Kier molecular flexibility index (Phi) is 7.17. The minimum atomic E-state index is -4.53. The number of hydrogen-bond acceptors (Lipinski definition) is 2. The van der Waals surface area contributed by atoms with Crippen molar-refractivity contribution in [2.24, 2.45) is 5.92 Å². The number of hydrogen-bond donors (Lipinski definition) is 0. The molecule has 0 spiro atoms. The van der Waals surface area contributed by atoms with Crippen LogP contribution in [0.1, 0.15) is 47.6 Å². The predicted molar refractivity (Wildman–Crippen MR) is 120 cm³/mol.